The number of carbonyl (C=O) groups excluding carboxylic acids is 2. The van der Waals surface area contributed by atoms with E-state index in [2.05, 4.69) is 5.32 Å². The van der Waals surface area contributed by atoms with Gasteiger partial charge in [0.15, 0.2) is 0 Å². The average Bonchev–Trinajstić information content (AvgIpc) is 2.85. The Balaban J connectivity index is 2.40. The monoisotopic (exact) mass is 519 g/mol. The molecular weight excluding hydrogens is 482 g/mol. The first-order valence-corrected chi connectivity index (χ1v) is 13.7. The van der Waals surface area contributed by atoms with E-state index >= 15 is 0 Å². The highest BCUT2D eigenvalue weighted by atomic mass is 32.2. The molecule has 1 N–H and O–H groups in total. The minimum atomic E-state index is -3.79. The van der Waals surface area contributed by atoms with Gasteiger partial charge in [-0.05, 0) is 54.3 Å². The number of methoxy groups -OCH3 is 2. The molecule has 0 radical (unpaired) electrons. The molecule has 2 aromatic rings. The van der Waals surface area contributed by atoms with E-state index < -0.39 is 28.5 Å². The van der Waals surface area contributed by atoms with Crippen molar-refractivity contribution in [2.24, 2.45) is 5.92 Å². The summed E-state index contributed by atoms with van der Waals surface area (Å²) in [6, 6.07) is 12.8. The molecule has 0 aromatic heterocycles. The van der Waals surface area contributed by atoms with Gasteiger partial charge in [0.05, 0.1) is 26.2 Å². The molecule has 2 amide bonds. The first-order chi connectivity index (χ1) is 17.0. The smallest absolute Gasteiger partial charge is 0.244 e. The Morgan fingerprint density at radius 2 is 1.47 bits per heavy atom. The normalized spacial score (nSPS) is 12.1. The van der Waals surface area contributed by atoms with Crippen LogP contribution in [0.2, 0.25) is 0 Å². The minimum Gasteiger partial charge on any atom is -0.497 e. The Morgan fingerprint density at radius 1 is 0.944 bits per heavy atom. The highest BCUT2D eigenvalue weighted by Crippen LogP contribution is 2.23. The predicted molar refractivity (Wildman–Crippen MR) is 141 cm³/mol. The van der Waals surface area contributed by atoms with Crippen molar-refractivity contribution in [3.63, 3.8) is 0 Å². The van der Waals surface area contributed by atoms with E-state index in [0.717, 1.165) is 16.1 Å². The summed E-state index contributed by atoms with van der Waals surface area (Å²) in [5, 5.41) is 2.90. The summed E-state index contributed by atoms with van der Waals surface area (Å²) in [6.07, 6.45) is 1.41. The van der Waals surface area contributed by atoms with E-state index in [1.54, 1.807) is 43.5 Å². The van der Waals surface area contributed by atoms with Crippen molar-refractivity contribution < 1.29 is 27.5 Å². The third kappa shape index (κ3) is 8.15. The second kappa shape index (κ2) is 13.2. The van der Waals surface area contributed by atoms with Gasteiger partial charge < -0.3 is 19.7 Å². The fraction of sp³-hybridized carbons (Fsp3) is 0.462. The lowest BCUT2D eigenvalue weighted by molar-refractivity contribution is -0.140. The first kappa shape index (κ1) is 29.0. The topological polar surface area (TPSA) is 105 Å². The molecule has 1 unspecified atom stereocenters. The molecule has 0 bridgehead atoms. The zero-order valence-corrected chi connectivity index (χ0v) is 22.7. The molecule has 1 atom stereocenters. The summed E-state index contributed by atoms with van der Waals surface area (Å²) in [5.41, 5.74) is 1.11. The van der Waals surface area contributed by atoms with Crippen molar-refractivity contribution in [3.8, 4) is 11.5 Å². The van der Waals surface area contributed by atoms with Gasteiger partial charge in [-0.2, -0.15) is 0 Å². The van der Waals surface area contributed by atoms with Crippen LogP contribution in [0.5, 0.6) is 11.5 Å². The molecule has 0 fully saturated rings. The number of hydrogen-bond donors (Lipinski definition) is 1. The van der Waals surface area contributed by atoms with Crippen LogP contribution >= 0.6 is 0 Å². The summed E-state index contributed by atoms with van der Waals surface area (Å²) in [4.78, 5) is 28.2. The van der Waals surface area contributed by atoms with Crippen LogP contribution in [-0.2, 0) is 26.2 Å². The molecule has 0 saturated heterocycles. The molecule has 0 saturated carbocycles. The van der Waals surface area contributed by atoms with E-state index in [1.165, 1.54) is 12.0 Å². The van der Waals surface area contributed by atoms with Gasteiger partial charge in [0, 0.05) is 13.1 Å². The number of carbonyl (C=O) groups is 2. The van der Waals surface area contributed by atoms with Crippen molar-refractivity contribution in [1.82, 2.24) is 10.2 Å². The van der Waals surface area contributed by atoms with Gasteiger partial charge in [-0.25, -0.2) is 8.42 Å². The van der Waals surface area contributed by atoms with Crippen LogP contribution in [0.4, 0.5) is 5.69 Å². The SMILES string of the molecule is CCC(C(=O)NCC(C)C)N(Cc1ccc(OC)cc1)C(=O)CN(c1ccc(OC)cc1)S(C)(=O)=O. The van der Waals surface area contributed by atoms with Crippen LogP contribution in [0.15, 0.2) is 48.5 Å². The highest BCUT2D eigenvalue weighted by molar-refractivity contribution is 7.92. The molecule has 0 heterocycles. The summed E-state index contributed by atoms with van der Waals surface area (Å²) in [7, 11) is -0.716. The number of anilines is 1. The zero-order valence-electron chi connectivity index (χ0n) is 21.9. The largest absolute Gasteiger partial charge is 0.497 e. The first-order valence-electron chi connectivity index (χ1n) is 11.8. The lowest BCUT2D eigenvalue weighted by atomic mass is 10.1. The van der Waals surface area contributed by atoms with Gasteiger partial charge in [-0.1, -0.05) is 32.9 Å². The summed E-state index contributed by atoms with van der Waals surface area (Å²) < 4.78 is 36.7. The lowest BCUT2D eigenvalue weighted by Gasteiger charge is -2.33. The molecule has 0 aliphatic heterocycles. The molecule has 2 rings (SSSR count). The Morgan fingerprint density at radius 3 is 1.92 bits per heavy atom. The second-order valence-corrected chi connectivity index (χ2v) is 10.8. The summed E-state index contributed by atoms with van der Waals surface area (Å²) >= 11 is 0. The number of rotatable bonds is 13. The van der Waals surface area contributed by atoms with Crippen molar-refractivity contribution in [1.29, 1.82) is 0 Å². The number of ether oxygens (including phenoxy) is 2. The van der Waals surface area contributed by atoms with Gasteiger partial charge >= 0.3 is 0 Å². The van der Waals surface area contributed by atoms with Crippen LogP contribution in [0, 0.1) is 5.92 Å². The number of nitrogens with one attached hydrogen (secondary N) is 1. The zero-order chi connectivity index (χ0) is 26.9. The lowest BCUT2D eigenvalue weighted by Crippen LogP contribution is -2.52. The van der Waals surface area contributed by atoms with E-state index in [1.807, 2.05) is 32.9 Å². The van der Waals surface area contributed by atoms with Gasteiger partial charge in [0.25, 0.3) is 0 Å². The summed E-state index contributed by atoms with van der Waals surface area (Å²) in [5.74, 6) is 0.712. The molecule has 0 spiro atoms. The number of sulfonamides is 1. The second-order valence-electron chi connectivity index (χ2n) is 8.90. The fourth-order valence-corrected chi connectivity index (χ4v) is 4.48. The van der Waals surface area contributed by atoms with Crippen LogP contribution in [-0.4, -0.2) is 64.7 Å². The third-order valence-corrected chi connectivity index (χ3v) is 6.76. The van der Waals surface area contributed by atoms with Gasteiger partial charge in [-0.3, -0.25) is 13.9 Å². The maximum atomic E-state index is 13.7. The molecule has 2 aromatic carbocycles. The van der Waals surface area contributed by atoms with E-state index in [-0.39, 0.29) is 18.4 Å². The fourth-order valence-electron chi connectivity index (χ4n) is 3.63. The van der Waals surface area contributed by atoms with Crippen LogP contribution in [0.25, 0.3) is 0 Å². The minimum absolute atomic E-state index is 0.136. The van der Waals surface area contributed by atoms with Gasteiger partial charge in [0.1, 0.15) is 24.1 Å². The molecule has 0 aliphatic carbocycles. The molecule has 198 valence electrons. The van der Waals surface area contributed by atoms with Gasteiger partial charge in [0.2, 0.25) is 21.8 Å². The van der Waals surface area contributed by atoms with E-state index in [9.17, 15) is 18.0 Å². The Labute approximate surface area is 214 Å². The standard InChI is InChI=1S/C26H37N3O6S/c1-7-24(26(31)27-16-19(2)3)28(17-20-8-12-22(34-4)13-9-20)25(30)18-29(36(6,32)33)21-10-14-23(35-5)15-11-21/h8-15,19,24H,7,16-18H2,1-6H3,(H,27,31). The Bertz CT molecular complexity index is 1100. The Kier molecular flexibility index (Phi) is 10.6. The van der Waals surface area contributed by atoms with Crippen LogP contribution in [0.1, 0.15) is 32.8 Å². The van der Waals surface area contributed by atoms with Crippen LogP contribution < -0.4 is 19.1 Å². The Hall–Kier alpha value is -3.27. The van der Waals surface area contributed by atoms with Gasteiger partial charge in [-0.15, -0.1) is 0 Å². The number of nitrogens with zero attached hydrogens (tertiary/aromatic N) is 2. The van der Waals surface area contributed by atoms with Crippen molar-refractivity contribution >= 4 is 27.5 Å². The maximum absolute atomic E-state index is 13.7. The number of hydrogen-bond acceptors (Lipinski definition) is 6. The van der Waals surface area contributed by atoms with E-state index in [4.69, 9.17) is 9.47 Å². The van der Waals surface area contributed by atoms with Crippen molar-refractivity contribution in [3.05, 3.63) is 54.1 Å². The maximum Gasteiger partial charge on any atom is 0.244 e. The molecule has 0 aliphatic rings. The third-order valence-electron chi connectivity index (χ3n) is 5.62. The molecule has 10 heteroatoms. The van der Waals surface area contributed by atoms with E-state index in [0.29, 0.717) is 30.2 Å². The molecule has 36 heavy (non-hydrogen) atoms. The number of benzene rings is 2. The van der Waals surface area contributed by atoms with Crippen molar-refractivity contribution in [2.75, 3.05) is 37.9 Å². The molecule has 9 nitrogen and oxygen atoms in total. The highest BCUT2D eigenvalue weighted by Gasteiger charge is 2.31. The predicted octanol–water partition coefficient (Wildman–Crippen LogP) is 3.05. The number of amides is 2. The summed E-state index contributed by atoms with van der Waals surface area (Å²) in [6.45, 7) is 5.96. The quantitative estimate of drug-likeness (QED) is 0.436. The van der Waals surface area contributed by atoms with Crippen molar-refractivity contribution in [2.45, 2.75) is 39.8 Å². The molecular formula is C26H37N3O6S. The van der Waals surface area contributed by atoms with Crippen LogP contribution in [0.3, 0.4) is 0 Å². The average molecular weight is 520 g/mol.